The number of fused-ring (bicyclic) bond motifs is 2. The van der Waals surface area contributed by atoms with E-state index in [2.05, 4.69) is 9.82 Å². The molecule has 23 heavy (non-hydrogen) atoms. The van der Waals surface area contributed by atoms with Gasteiger partial charge < -0.3 is 9.84 Å². The lowest BCUT2D eigenvalue weighted by Crippen LogP contribution is -2.28. The number of aromatic nitrogens is 2. The molecule has 2 aromatic rings. The highest BCUT2D eigenvalue weighted by atomic mass is 32.2. The summed E-state index contributed by atoms with van der Waals surface area (Å²) in [4.78, 5) is 0.0748. The van der Waals surface area contributed by atoms with Crippen molar-refractivity contribution in [3.63, 3.8) is 0 Å². The van der Waals surface area contributed by atoms with Crippen LogP contribution in [0.2, 0.25) is 0 Å². The van der Waals surface area contributed by atoms with E-state index < -0.39 is 10.0 Å². The van der Waals surface area contributed by atoms with Crippen LogP contribution in [0.1, 0.15) is 30.0 Å². The Bertz CT molecular complexity index is 860. The van der Waals surface area contributed by atoms with Crippen LogP contribution in [0.25, 0.3) is 0 Å². The Morgan fingerprint density at radius 3 is 3.13 bits per heavy atom. The van der Waals surface area contributed by atoms with Crippen molar-refractivity contribution in [2.45, 2.75) is 36.7 Å². The molecule has 0 amide bonds. The van der Waals surface area contributed by atoms with E-state index in [4.69, 9.17) is 4.74 Å². The Balaban J connectivity index is 1.65. The lowest BCUT2D eigenvalue weighted by atomic mass is 10.1. The molecule has 122 valence electrons. The highest BCUT2D eigenvalue weighted by Gasteiger charge is 2.32. The zero-order valence-corrected chi connectivity index (χ0v) is 13.2. The molecule has 2 N–H and O–H groups in total. The summed E-state index contributed by atoms with van der Waals surface area (Å²) in [6.07, 6.45) is 3.42. The fourth-order valence-electron chi connectivity index (χ4n) is 3.24. The van der Waals surface area contributed by atoms with E-state index in [0.29, 0.717) is 31.9 Å². The highest BCUT2D eigenvalue weighted by Crippen LogP contribution is 2.37. The number of aromatic hydroxyl groups is 1. The van der Waals surface area contributed by atoms with Crippen molar-refractivity contribution < 1.29 is 18.3 Å². The molecule has 8 heteroatoms. The van der Waals surface area contributed by atoms with Crippen LogP contribution in [0.4, 0.5) is 0 Å². The van der Waals surface area contributed by atoms with Gasteiger partial charge in [-0.3, -0.25) is 0 Å². The van der Waals surface area contributed by atoms with Gasteiger partial charge in [-0.1, -0.05) is 12.1 Å². The van der Waals surface area contributed by atoms with Gasteiger partial charge in [-0.2, -0.15) is 5.10 Å². The number of phenols is 1. The summed E-state index contributed by atoms with van der Waals surface area (Å²) < 4.78 is 35.2. The molecule has 0 fully saturated rings. The molecule has 0 saturated carbocycles. The van der Waals surface area contributed by atoms with E-state index in [1.54, 1.807) is 16.8 Å². The van der Waals surface area contributed by atoms with Gasteiger partial charge in [0.05, 0.1) is 12.8 Å². The number of hydrogen-bond acceptors (Lipinski definition) is 5. The Morgan fingerprint density at radius 1 is 1.39 bits per heavy atom. The topological polar surface area (TPSA) is 93.5 Å². The quantitative estimate of drug-likeness (QED) is 0.883. The lowest BCUT2D eigenvalue weighted by Gasteiger charge is -2.18. The van der Waals surface area contributed by atoms with E-state index in [-0.39, 0.29) is 16.7 Å². The number of nitrogens with zero attached hydrogens (tertiary/aromatic N) is 2. The Labute approximate surface area is 133 Å². The highest BCUT2D eigenvalue weighted by molar-refractivity contribution is 7.89. The average molecular weight is 335 g/mol. The van der Waals surface area contributed by atoms with E-state index in [1.807, 2.05) is 6.07 Å². The minimum absolute atomic E-state index is 0.0748. The first kappa shape index (κ1) is 14.5. The maximum absolute atomic E-state index is 12.7. The smallest absolute Gasteiger partial charge is 0.248 e. The van der Waals surface area contributed by atoms with Gasteiger partial charge in [0.15, 0.2) is 4.90 Å². The summed E-state index contributed by atoms with van der Waals surface area (Å²) in [6, 6.07) is 4.85. The predicted molar refractivity (Wildman–Crippen MR) is 81.8 cm³/mol. The van der Waals surface area contributed by atoms with Crippen LogP contribution in [0.15, 0.2) is 29.3 Å². The minimum Gasteiger partial charge on any atom is -0.508 e. The molecule has 1 aromatic heterocycles. The fourth-order valence-corrected chi connectivity index (χ4v) is 4.56. The number of ether oxygens (including phenoxy) is 1. The van der Waals surface area contributed by atoms with Crippen molar-refractivity contribution in [2.75, 3.05) is 6.61 Å². The average Bonchev–Trinajstić information content (AvgIpc) is 3.13. The number of nitrogens with one attached hydrogen (secondary N) is 1. The van der Waals surface area contributed by atoms with Crippen molar-refractivity contribution >= 4 is 10.0 Å². The number of benzene rings is 1. The minimum atomic E-state index is -3.74. The molecular formula is C15H17N3O4S. The van der Waals surface area contributed by atoms with Gasteiger partial charge in [0.25, 0.3) is 0 Å². The predicted octanol–water partition coefficient (Wildman–Crippen LogP) is 1.34. The molecule has 2 heterocycles. The molecule has 0 saturated heterocycles. The van der Waals surface area contributed by atoms with Crippen LogP contribution in [-0.4, -0.2) is 29.9 Å². The first-order chi connectivity index (χ1) is 11.1. The largest absolute Gasteiger partial charge is 0.508 e. The fraction of sp³-hybridized carbons (Fsp3) is 0.400. The van der Waals surface area contributed by atoms with Crippen molar-refractivity contribution in [1.29, 1.82) is 0 Å². The standard InChI is InChI=1S/C15H17N3O4S/c19-13-4-1-3-10-11(13)5-6-12(10)17-23(20,21)14-9-16-18-7-2-8-22-15(14)18/h1,3-4,9,12,17,19H,2,5-8H2/t12-/m0/s1. The number of rotatable bonds is 3. The van der Waals surface area contributed by atoms with Gasteiger partial charge in [0.2, 0.25) is 15.9 Å². The van der Waals surface area contributed by atoms with Gasteiger partial charge >= 0.3 is 0 Å². The number of aryl methyl sites for hydroxylation is 1. The second kappa shape index (κ2) is 5.24. The SMILES string of the molecule is O=S(=O)(N[C@H]1CCc2c(O)cccc21)c1cnn2c1OCCC2. The van der Waals surface area contributed by atoms with E-state index in [0.717, 1.165) is 17.5 Å². The van der Waals surface area contributed by atoms with Crippen LogP contribution in [0, 0.1) is 0 Å². The molecule has 2 aliphatic rings. The zero-order chi connectivity index (χ0) is 16.0. The molecule has 1 atom stereocenters. The third kappa shape index (κ3) is 2.38. The van der Waals surface area contributed by atoms with Crippen molar-refractivity contribution in [3.8, 4) is 11.6 Å². The summed E-state index contributed by atoms with van der Waals surface area (Å²) in [5, 5.41) is 14.0. The molecule has 4 rings (SSSR count). The van der Waals surface area contributed by atoms with Crippen molar-refractivity contribution in [3.05, 3.63) is 35.5 Å². The molecule has 1 aliphatic heterocycles. The number of sulfonamides is 1. The first-order valence-corrected chi connectivity index (χ1v) is 9.06. The third-order valence-electron chi connectivity index (χ3n) is 4.35. The van der Waals surface area contributed by atoms with E-state index >= 15 is 0 Å². The first-order valence-electron chi connectivity index (χ1n) is 7.58. The van der Waals surface area contributed by atoms with Crippen LogP contribution in [0.3, 0.4) is 0 Å². The molecule has 1 aliphatic carbocycles. The Morgan fingerprint density at radius 2 is 2.26 bits per heavy atom. The van der Waals surface area contributed by atoms with Gasteiger partial charge in [0, 0.05) is 19.0 Å². The molecule has 1 aromatic carbocycles. The summed E-state index contributed by atoms with van der Waals surface area (Å²) in [6.45, 7) is 1.15. The van der Waals surface area contributed by atoms with Gasteiger partial charge in [-0.25, -0.2) is 17.8 Å². The summed E-state index contributed by atoms with van der Waals surface area (Å²) >= 11 is 0. The summed E-state index contributed by atoms with van der Waals surface area (Å²) in [5.74, 6) is 0.522. The molecule has 7 nitrogen and oxygen atoms in total. The maximum atomic E-state index is 12.7. The van der Waals surface area contributed by atoms with E-state index in [9.17, 15) is 13.5 Å². The number of phenolic OH excluding ortho intramolecular Hbond substituents is 1. The van der Waals surface area contributed by atoms with Crippen LogP contribution in [0.5, 0.6) is 11.6 Å². The molecule has 0 unspecified atom stereocenters. The van der Waals surface area contributed by atoms with E-state index in [1.165, 1.54) is 6.20 Å². The molecular weight excluding hydrogens is 318 g/mol. The van der Waals surface area contributed by atoms with Gasteiger partial charge in [0.1, 0.15) is 5.75 Å². The van der Waals surface area contributed by atoms with Crippen molar-refractivity contribution in [2.24, 2.45) is 0 Å². The summed E-state index contributed by atoms with van der Waals surface area (Å²) in [5.41, 5.74) is 1.64. The second-order valence-corrected chi connectivity index (χ2v) is 7.48. The van der Waals surface area contributed by atoms with Crippen LogP contribution < -0.4 is 9.46 Å². The molecule has 0 spiro atoms. The lowest BCUT2D eigenvalue weighted by molar-refractivity contribution is 0.224. The zero-order valence-electron chi connectivity index (χ0n) is 12.4. The van der Waals surface area contributed by atoms with Gasteiger partial charge in [-0.15, -0.1) is 0 Å². The van der Waals surface area contributed by atoms with Crippen molar-refractivity contribution in [1.82, 2.24) is 14.5 Å². The normalized spacial score (nSPS) is 19.9. The van der Waals surface area contributed by atoms with Gasteiger partial charge in [-0.05, 0) is 30.0 Å². The maximum Gasteiger partial charge on any atom is 0.248 e. The summed E-state index contributed by atoms with van der Waals surface area (Å²) in [7, 11) is -3.74. The Hall–Kier alpha value is -2.06. The Kier molecular flexibility index (Phi) is 3.31. The molecule has 0 radical (unpaired) electrons. The third-order valence-corrected chi connectivity index (χ3v) is 5.80. The molecule has 0 bridgehead atoms. The monoisotopic (exact) mass is 335 g/mol. The number of hydrogen-bond donors (Lipinski definition) is 2. The van der Waals surface area contributed by atoms with Crippen LogP contribution in [-0.2, 0) is 23.0 Å². The van der Waals surface area contributed by atoms with Crippen LogP contribution >= 0.6 is 0 Å². The second-order valence-electron chi connectivity index (χ2n) is 5.80.